The van der Waals surface area contributed by atoms with Crippen LogP contribution in [0, 0.1) is 0 Å². The standard InChI is InChI=1S/C27H29N5O3/c1-2-35-23-10-8-21(9-11-23)24-20-25-27(34)31(18-19-32(25)28-24)13-12-26(33)30-16-14-29(15-17-30)22-6-4-3-5-7-22/h3-11,18-20H,2,12-17H2,1H3. The van der Waals surface area contributed by atoms with Crippen LogP contribution in [0.2, 0.25) is 0 Å². The Kier molecular flexibility index (Phi) is 6.52. The van der Waals surface area contributed by atoms with Gasteiger partial charge in [-0.05, 0) is 49.4 Å². The molecule has 180 valence electrons. The van der Waals surface area contributed by atoms with Gasteiger partial charge in [0.2, 0.25) is 5.91 Å². The highest BCUT2D eigenvalue weighted by molar-refractivity contribution is 5.76. The molecule has 0 saturated carbocycles. The first-order chi connectivity index (χ1) is 17.1. The van der Waals surface area contributed by atoms with Gasteiger partial charge in [0.15, 0.2) is 0 Å². The Labute approximate surface area is 204 Å². The van der Waals surface area contributed by atoms with Gasteiger partial charge in [-0.15, -0.1) is 0 Å². The molecule has 1 saturated heterocycles. The molecule has 3 heterocycles. The number of ether oxygens (including phenoxy) is 1. The summed E-state index contributed by atoms with van der Waals surface area (Å²) in [5.74, 6) is 0.876. The first kappa shape index (κ1) is 22.7. The van der Waals surface area contributed by atoms with Crippen molar-refractivity contribution in [3.05, 3.63) is 83.4 Å². The van der Waals surface area contributed by atoms with Gasteiger partial charge in [-0.3, -0.25) is 9.59 Å². The molecule has 0 bridgehead atoms. The number of aryl methyl sites for hydroxylation is 1. The maximum atomic E-state index is 13.1. The van der Waals surface area contributed by atoms with Crippen LogP contribution >= 0.6 is 0 Å². The molecular weight excluding hydrogens is 442 g/mol. The Morgan fingerprint density at radius 2 is 1.71 bits per heavy atom. The largest absolute Gasteiger partial charge is 0.494 e. The third kappa shape index (κ3) is 4.91. The molecule has 8 nitrogen and oxygen atoms in total. The molecule has 1 aliphatic heterocycles. The lowest BCUT2D eigenvalue weighted by Crippen LogP contribution is -2.49. The molecule has 0 N–H and O–H groups in total. The molecule has 2 aromatic carbocycles. The molecule has 4 aromatic rings. The lowest BCUT2D eigenvalue weighted by Gasteiger charge is -2.36. The van der Waals surface area contributed by atoms with Gasteiger partial charge >= 0.3 is 0 Å². The third-order valence-corrected chi connectivity index (χ3v) is 6.38. The number of benzene rings is 2. The Morgan fingerprint density at radius 1 is 0.971 bits per heavy atom. The average molecular weight is 472 g/mol. The number of rotatable bonds is 7. The number of amides is 1. The van der Waals surface area contributed by atoms with E-state index >= 15 is 0 Å². The molecule has 0 spiro atoms. The quantitative estimate of drug-likeness (QED) is 0.414. The highest BCUT2D eigenvalue weighted by Gasteiger charge is 2.21. The number of hydrogen-bond donors (Lipinski definition) is 0. The van der Waals surface area contributed by atoms with E-state index in [4.69, 9.17) is 4.74 Å². The maximum absolute atomic E-state index is 13.1. The number of nitrogens with zero attached hydrogens (tertiary/aromatic N) is 5. The fourth-order valence-electron chi connectivity index (χ4n) is 4.46. The zero-order valence-electron chi connectivity index (χ0n) is 19.8. The van der Waals surface area contributed by atoms with Crippen LogP contribution < -0.4 is 15.2 Å². The summed E-state index contributed by atoms with van der Waals surface area (Å²) >= 11 is 0. The Balaban J connectivity index is 1.22. The van der Waals surface area contributed by atoms with Gasteiger partial charge in [0.1, 0.15) is 11.3 Å². The van der Waals surface area contributed by atoms with E-state index in [0.717, 1.165) is 30.1 Å². The monoisotopic (exact) mass is 471 g/mol. The summed E-state index contributed by atoms with van der Waals surface area (Å²) in [6, 6.07) is 19.7. The first-order valence-electron chi connectivity index (χ1n) is 12.0. The third-order valence-electron chi connectivity index (χ3n) is 6.38. The second-order valence-electron chi connectivity index (χ2n) is 8.57. The Bertz CT molecular complexity index is 1350. The zero-order valence-corrected chi connectivity index (χ0v) is 19.8. The van der Waals surface area contributed by atoms with E-state index in [0.29, 0.717) is 38.2 Å². The SMILES string of the molecule is CCOc1ccc(-c2cc3c(=O)n(CCC(=O)N4CCN(c5ccccc5)CC4)ccn3n2)cc1. The number of carbonyl (C=O) groups is 1. The van der Waals surface area contributed by atoms with Crippen molar-refractivity contribution in [3.8, 4) is 17.0 Å². The van der Waals surface area contributed by atoms with Crippen LogP contribution in [0.15, 0.2) is 77.9 Å². The second kappa shape index (κ2) is 10.0. The Hall–Kier alpha value is -4.07. The molecule has 0 unspecified atom stereocenters. The van der Waals surface area contributed by atoms with Crippen molar-refractivity contribution < 1.29 is 9.53 Å². The van der Waals surface area contributed by atoms with E-state index in [-0.39, 0.29) is 11.5 Å². The first-order valence-corrected chi connectivity index (χ1v) is 12.0. The normalized spacial score (nSPS) is 13.9. The fourth-order valence-corrected chi connectivity index (χ4v) is 4.46. The van der Waals surface area contributed by atoms with Crippen LogP contribution in [-0.4, -0.2) is 57.8 Å². The van der Waals surface area contributed by atoms with Crippen molar-refractivity contribution in [2.75, 3.05) is 37.7 Å². The second-order valence-corrected chi connectivity index (χ2v) is 8.57. The molecule has 5 rings (SSSR count). The molecule has 2 aromatic heterocycles. The van der Waals surface area contributed by atoms with E-state index in [9.17, 15) is 9.59 Å². The van der Waals surface area contributed by atoms with Crippen molar-refractivity contribution in [3.63, 3.8) is 0 Å². The zero-order chi connectivity index (χ0) is 24.2. The van der Waals surface area contributed by atoms with Crippen molar-refractivity contribution in [2.45, 2.75) is 19.9 Å². The van der Waals surface area contributed by atoms with Crippen LogP contribution in [0.25, 0.3) is 16.8 Å². The predicted octanol–water partition coefficient (Wildman–Crippen LogP) is 3.30. The van der Waals surface area contributed by atoms with Gasteiger partial charge in [0, 0.05) is 62.8 Å². The van der Waals surface area contributed by atoms with Crippen molar-refractivity contribution in [1.29, 1.82) is 0 Å². The number of fused-ring (bicyclic) bond motifs is 1. The number of piperazine rings is 1. The molecule has 1 aliphatic rings. The van der Waals surface area contributed by atoms with E-state index in [1.807, 2.05) is 54.3 Å². The fraction of sp³-hybridized carbons (Fsp3) is 0.296. The van der Waals surface area contributed by atoms with Crippen LogP contribution in [0.1, 0.15) is 13.3 Å². The van der Waals surface area contributed by atoms with Crippen LogP contribution in [0.5, 0.6) is 5.75 Å². The topological polar surface area (TPSA) is 72.1 Å². The van der Waals surface area contributed by atoms with Crippen molar-refractivity contribution in [2.24, 2.45) is 0 Å². The van der Waals surface area contributed by atoms with E-state index in [1.54, 1.807) is 27.5 Å². The molecule has 0 atom stereocenters. The predicted molar refractivity (Wildman–Crippen MR) is 136 cm³/mol. The van der Waals surface area contributed by atoms with Gasteiger partial charge in [-0.1, -0.05) is 18.2 Å². The minimum Gasteiger partial charge on any atom is -0.494 e. The summed E-state index contributed by atoms with van der Waals surface area (Å²) < 4.78 is 8.68. The minimum atomic E-state index is -0.154. The lowest BCUT2D eigenvalue weighted by atomic mass is 10.1. The number of anilines is 1. The number of para-hydroxylation sites is 1. The highest BCUT2D eigenvalue weighted by Crippen LogP contribution is 2.22. The number of hydrogen-bond acceptors (Lipinski definition) is 5. The Morgan fingerprint density at radius 3 is 2.43 bits per heavy atom. The molecule has 8 heteroatoms. The van der Waals surface area contributed by atoms with Gasteiger partial charge in [-0.2, -0.15) is 5.10 Å². The molecule has 1 fully saturated rings. The maximum Gasteiger partial charge on any atom is 0.276 e. The summed E-state index contributed by atoms with van der Waals surface area (Å²) in [7, 11) is 0. The van der Waals surface area contributed by atoms with E-state index in [2.05, 4.69) is 22.1 Å². The molecular formula is C27H29N5O3. The summed E-state index contributed by atoms with van der Waals surface area (Å²) in [6.45, 7) is 5.90. The van der Waals surface area contributed by atoms with E-state index in [1.165, 1.54) is 5.69 Å². The van der Waals surface area contributed by atoms with Crippen molar-refractivity contribution >= 4 is 17.1 Å². The summed E-state index contributed by atoms with van der Waals surface area (Å²) in [5, 5.41) is 4.54. The van der Waals surface area contributed by atoms with Crippen molar-refractivity contribution in [1.82, 2.24) is 19.1 Å². The van der Waals surface area contributed by atoms with Gasteiger partial charge < -0.3 is 19.1 Å². The lowest BCUT2D eigenvalue weighted by molar-refractivity contribution is -0.131. The minimum absolute atomic E-state index is 0.0769. The molecule has 35 heavy (non-hydrogen) atoms. The van der Waals surface area contributed by atoms with Crippen LogP contribution in [0.3, 0.4) is 0 Å². The highest BCUT2D eigenvalue weighted by atomic mass is 16.5. The summed E-state index contributed by atoms with van der Waals surface area (Å²) in [6.07, 6.45) is 3.75. The smallest absolute Gasteiger partial charge is 0.276 e. The van der Waals surface area contributed by atoms with Crippen LogP contribution in [-0.2, 0) is 11.3 Å². The number of aromatic nitrogens is 3. The summed E-state index contributed by atoms with van der Waals surface area (Å²) in [4.78, 5) is 30.1. The molecule has 1 amide bonds. The number of carbonyl (C=O) groups excluding carboxylic acids is 1. The van der Waals surface area contributed by atoms with Gasteiger partial charge in [0.05, 0.1) is 12.3 Å². The van der Waals surface area contributed by atoms with Gasteiger partial charge in [-0.25, -0.2) is 4.52 Å². The molecule has 0 radical (unpaired) electrons. The van der Waals surface area contributed by atoms with E-state index < -0.39 is 0 Å². The average Bonchev–Trinajstić information content (AvgIpc) is 3.35. The van der Waals surface area contributed by atoms with Crippen LogP contribution in [0.4, 0.5) is 5.69 Å². The van der Waals surface area contributed by atoms with Gasteiger partial charge in [0.25, 0.3) is 5.56 Å². The summed E-state index contributed by atoms with van der Waals surface area (Å²) in [5.41, 5.74) is 3.15. The molecule has 0 aliphatic carbocycles.